The summed E-state index contributed by atoms with van der Waals surface area (Å²) in [5.74, 6) is 0.471. The number of fused-ring (bicyclic) bond motifs is 2. The summed E-state index contributed by atoms with van der Waals surface area (Å²) in [5.41, 5.74) is 3.01. The van der Waals surface area contributed by atoms with Gasteiger partial charge in [-0.1, -0.05) is 56.3 Å². The highest BCUT2D eigenvalue weighted by Gasteiger charge is 2.35. The van der Waals surface area contributed by atoms with Gasteiger partial charge in [0.15, 0.2) is 0 Å². The van der Waals surface area contributed by atoms with Gasteiger partial charge in [-0.3, -0.25) is 4.55 Å². The van der Waals surface area contributed by atoms with Gasteiger partial charge in [0.2, 0.25) is 0 Å². The first-order chi connectivity index (χ1) is 15.9. The van der Waals surface area contributed by atoms with Crippen molar-refractivity contribution in [2.75, 3.05) is 24.5 Å². The Labute approximate surface area is 201 Å². The van der Waals surface area contributed by atoms with Crippen molar-refractivity contribution in [1.29, 1.82) is 0 Å². The van der Waals surface area contributed by atoms with Gasteiger partial charge in [0.1, 0.15) is 11.1 Å². The molecule has 0 fully saturated rings. The number of aliphatic imine (C=N–C) groups is 1. The molecule has 0 spiro atoms. The number of anilines is 2. The summed E-state index contributed by atoms with van der Waals surface area (Å²) >= 11 is 1.72. The van der Waals surface area contributed by atoms with E-state index in [9.17, 15) is 13.0 Å². The number of para-hydroxylation sites is 2. The van der Waals surface area contributed by atoms with E-state index in [-0.39, 0.29) is 6.42 Å². The van der Waals surface area contributed by atoms with Crippen LogP contribution in [0.3, 0.4) is 0 Å². The Hall–Kier alpha value is -2.29. The molecule has 0 amide bonds. The number of rotatable bonds is 9. The van der Waals surface area contributed by atoms with Gasteiger partial charge in [0.05, 0.1) is 11.4 Å². The Bertz CT molecular complexity index is 1120. The fourth-order valence-corrected chi connectivity index (χ4v) is 6.38. The van der Waals surface area contributed by atoms with Crippen LogP contribution in [-0.4, -0.2) is 48.6 Å². The second-order valence-corrected chi connectivity index (χ2v) is 11.0. The molecule has 6 nitrogen and oxygen atoms in total. The minimum Gasteiger partial charge on any atom is -0.355 e. The van der Waals surface area contributed by atoms with Gasteiger partial charge in [0, 0.05) is 35.1 Å². The van der Waals surface area contributed by atoms with Crippen molar-refractivity contribution in [3.05, 3.63) is 60.3 Å². The lowest BCUT2D eigenvalue weighted by atomic mass is 10.1. The molecule has 2 aromatic rings. The van der Waals surface area contributed by atoms with Crippen LogP contribution in [0.25, 0.3) is 0 Å². The van der Waals surface area contributed by atoms with Gasteiger partial charge in [-0.05, 0) is 49.6 Å². The number of allylic oxidation sites excluding steroid dienone is 1. The highest BCUT2D eigenvalue weighted by atomic mass is 32.2. The zero-order valence-electron chi connectivity index (χ0n) is 19.1. The van der Waals surface area contributed by atoms with Crippen LogP contribution < -0.4 is 4.90 Å². The molecular weight excluding hydrogens is 454 g/mol. The molecule has 2 aliphatic rings. The van der Waals surface area contributed by atoms with E-state index < -0.39 is 15.4 Å². The van der Waals surface area contributed by atoms with Crippen molar-refractivity contribution in [1.82, 2.24) is 4.90 Å². The van der Waals surface area contributed by atoms with E-state index in [2.05, 4.69) is 49.1 Å². The van der Waals surface area contributed by atoms with Crippen LogP contribution in [0.15, 0.2) is 75.1 Å². The maximum absolute atomic E-state index is 12.6. The average Bonchev–Trinajstić information content (AvgIpc) is 2.79. The Morgan fingerprint density at radius 3 is 2.21 bits per heavy atom. The third kappa shape index (κ3) is 5.28. The van der Waals surface area contributed by atoms with Crippen molar-refractivity contribution in [3.63, 3.8) is 0 Å². The van der Waals surface area contributed by atoms with Crippen LogP contribution >= 0.6 is 11.8 Å². The van der Waals surface area contributed by atoms with Crippen LogP contribution in [0, 0.1) is 0 Å². The number of amidine groups is 1. The first-order valence-electron chi connectivity index (χ1n) is 11.5. The molecule has 1 N–H and O–H groups in total. The van der Waals surface area contributed by atoms with E-state index in [1.807, 2.05) is 29.2 Å². The molecule has 0 aromatic heterocycles. The van der Waals surface area contributed by atoms with Gasteiger partial charge in [-0.2, -0.15) is 8.42 Å². The lowest BCUT2D eigenvalue weighted by Crippen LogP contribution is -2.46. The fourth-order valence-electron chi connectivity index (χ4n) is 4.42. The monoisotopic (exact) mass is 485 g/mol. The summed E-state index contributed by atoms with van der Waals surface area (Å²) in [7, 11) is -4.34. The maximum atomic E-state index is 12.6. The minimum absolute atomic E-state index is 0.241. The van der Waals surface area contributed by atoms with Gasteiger partial charge in [-0.15, -0.1) is 0 Å². The highest BCUT2D eigenvalue weighted by molar-refractivity contribution is 7.99. The summed E-state index contributed by atoms with van der Waals surface area (Å²) in [5, 5.41) is -1.07. The molecule has 0 bridgehead atoms. The SMILES string of the molecule is CCCC1=CCN(CCC)C(C(CCN2c3ccccc3Sc3ccccc32)S(=O)(=O)O)=N1. The standard InChI is InChI=1S/C25H31N3O3S2/c1-3-9-19-14-17-27(16-4-2)25(26-19)24(33(29,30)31)15-18-28-20-10-5-7-12-22(20)32-23-13-8-6-11-21(23)28/h5-8,10-14,24H,3-4,9,15-18H2,1-2H3,(H,29,30,31). The summed E-state index contributed by atoms with van der Waals surface area (Å²) in [6, 6.07) is 16.3. The zero-order valence-corrected chi connectivity index (χ0v) is 20.8. The van der Waals surface area contributed by atoms with E-state index in [0.717, 1.165) is 46.1 Å². The maximum Gasteiger partial charge on any atom is 0.275 e. The third-order valence-electron chi connectivity index (χ3n) is 5.92. The Morgan fingerprint density at radius 2 is 1.64 bits per heavy atom. The Balaban J connectivity index is 1.67. The van der Waals surface area contributed by atoms with Crippen molar-refractivity contribution in [2.24, 2.45) is 4.99 Å². The Kier molecular flexibility index (Phi) is 7.46. The predicted octanol–water partition coefficient (Wildman–Crippen LogP) is 5.74. The van der Waals surface area contributed by atoms with Crippen LogP contribution in [-0.2, 0) is 10.1 Å². The number of nitrogens with zero attached hydrogens (tertiary/aromatic N) is 3. The average molecular weight is 486 g/mol. The second kappa shape index (κ2) is 10.3. The molecule has 0 radical (unpaired) electrons. The van der Waals surface area contributed by atoms with Gasteiger partial charge in [-0.25, -0.2) is 4.99 Å². The van der Waals surface area contributed by atoms with Gasteiger partial charge in [0.25, 0.3) is 10.1 Å². The van der Waals surface area contributed by atoms with Crippen LogP contribution in [0.1, 0.15) is 39.5 Å². The number of hydrogen-bond donors (Lipinski definition) is 1. The summed E-state index contributed by atoms with van der Waals surface area (Å²) in [4.78, 5) is 11.2. The van der Waals surface area contributed by atoms with E-state index in [1.165, 1.54) is 0 Å². The predicted molar refractivity (Wildman–Crippen MR) is 136 cm³/mol. The van der Waals surface area contributed by atoms with Crippen LogP contribution in [0.4, 0.5) is 11.4 Å². The molecule has 4 rings (SSSR count). The summed E-state index contributed by atoms with van der Waals surface area (Å²) in [6.45, 7) is 5.92. The van der Waals surface area contributed by atoms with Gasteiger partial charge < -0.3 is 9.80 Å². The molecule has 0 aliphatic carbocycles. The summed E-state index contributed by atoms with van der Waals surface area (Å²) < 4.78 is 35.5. The van der Waals surface area contributed by atoms with Crippen LogP contribution in [0.5, 0.6) is 0 Å². The molecule has 176 valence electrons. The molecule has 2 aromatic carbocycles. The molecule has 0 saturated carbocycles. The smallest absolute Gasteiger partial charge is 0.275 e. The van der Waals surface area contributed by atoms with E-state index in [0.29, 0.717) is 25.5 Å². The fraction of sp³-hybridized carbons (Fsp3) is 0.400. The van der Waals surface area contributed by atoms with E-state index >= 15 is 0 Å². The first kappa shape index (κ1) is 23.9. The lowest BCUT2D eigenvalue weighted by Gasteiger charge is -2.35. The molecule has 8 heteroatoms. The van der Waals surface area contributed by atoms with Crippen molar-refractivity contribution in [3.8, 4) is 0 Å². The molecule has 0 saturated heterocycles. The van der Waals surface area contributed by atoms with Crippen molar-refractivity contribution in [2.45, 2.75) is 54.6 Å². The third-order valence-corrected chi connectivity index (χ3v) is 8.22. The van der Waals surface area contributed by atoms with Crippen LogP contribution in [0.2, 0.25) is 0 Å². The molecule has 33 heavy (non-hydrogen) atoms. The molecular formula is C25H31N3O3S2. The highest BCUT2D eigenvalue weighted by Crippen LogP contribution is 2.47. The van der Waals surface area contributed by atoms with E-state index in [1.54, 1.807) is 11.8 Å². The first-order valence-corrected chi connectivity index (χ1v) is 13.9. The number of benzene rings is 2. The topological polar surface area (TPSA) is 73.2 Å². The largest absolute Gasteiger partial charge is 0.355 e. The molecule has 2 aliphatic heterocycles. The van der Waals surface area contributed by atoms with Crippen molar-refractivity contribution < 1.29 is 13.0 Å². The van der Waals surface area contributed by atoms with Gasteiger partial charge >= 0.3 is 0 Å². The molecule has 1 atom stereocenters. The zero-order chi connectivity index (χ0) is 23.4. The molecule has 1 unspecified atom stereocenters. The normalized spacial score (nSPS) is 16.6. The van der Waals surface area contributed by atoms with E-state index in [4.69, 9.17) is 4.99 Å². The second-order valence-electron chi connectivity index (χ2n) is 8.34. The van der Waals surface area contributed by atoms with Crippen molar-refractivity contribution >= 4 is 39.1 Å². The quantitative estimate of drug-likeness (QED) is 0.456. The number of hydrogen-bond acceptors (Lipinski definition) is 6. The Morgan fingerprint density at radius 1 is 1.00 bits per heavy atom. The summed E-state index contributed by atoms with van der Waals surface area (Å²) in [6.07, 6.45) is 4.92. The lowest BCUT2D eigenvalue weighted by molar-refractivity contribution is 0.426. The molecule has 2 heterocycles. The minimum atomic E-state index is -4.34.